The third kappa shape index (κ3) is 2.91. The van der Waals surface area contributed by atoms with Gasteiger partial charge in [-0.3, -0.25) is 0 Å². The standard InChI is InChI=1S/C12H13F3O2/c13-12(14,15)10-3-1-2-4-11(10)17-9-6-5-8(16)7-9/h1-4,8-9,16H,5-7H2. The summed E-state index contributed by atoms with van der Waals surface area (Å²) in [4.78, 5) is 0. The molecular formula is C12H13F3O2. The zero-order valence-corrected chi connectivity index (χ0v) is 9.07. The van der Waals surface area contributed by atoms with E-state index in [4.69, 9.17) is 4.74 Å². The Morgan fingerprint density at radius 1 is 1.18 bits per heavy atom. The summed E-state index contributed by atoms with van der Waals surface area (Å²) in [6, 6.07) is 5.16. The summed E-state index contributed by atoms with van der Waals surface area (Å²) < 4.78 is 43.3. The molecule has 1 aliphatic rings. The maximum Gasteiger partial charge on any atom is 0.419 e. The van der Waals surface area contributed by atoms with Crippen LogP contribution in [-0.2, 0) is 6.18 Å². The quantitative estimate of drug-likeness (QED) is 0.869. The van der Waals surface area contributed by atoms with Gasteiger partial charge in [0, 0.05) is 6.42 Å². The maximum absolute atomic E-state index is 12.7. The van der Waals surface area contributed by atoms with E-state index in [1.54, 1.807) is 0 Å². The highest BCUT2D eigenvalue weighted by molar-refractivity contribution is 5.35. The van der Waals surface area contributed by atoms with Crippen molar-refractivity contribution in [2.24, 2.45) is 0 Å². The van der Waals surface area contributed by atoms with Crippen LogP contribution in [0, 0.1) is 0 Å². The minimum absolute atomic E-state index is 0.154. The Hall–Kier alpha value is -1.23. The van der Waals surface area contributed by atoms with Gasteiger partial charge in [-0.1, -0.05) is 12.1 Å². The molecule has 1 aromatic rings. The Kier molecular flexibility index (Phi) is 3.28. The first kappa shape index (κ1) is 12.2. The van der Waals surface area contributed by atoms with Crippen molar-refractivity contribution in [1.29, 1.82) is 0 Å². The zero-order valence-electron chi connectivity index (χ0n) is 9.07. The van der Waals surface area contributed by atoms with Crippen molar-refractivity contribution in [3.63, 3.8) is 0 Å². The summed E-state index contributed by atoms with van der Waals surface area (Å²) in [5.74, 6) is -0.154. The number of hydrogen-bond acceptors (Lipinski definition) is 2. The van der Waals surface area contributed by atoms with Crippen LogP contribution in [0.1, 0.15) is 24.8 Å². The molecule has 5 heteroatoms. The minimum Gasteiger partial charge on any atom is -0.490 e. The summed E-state index contributed by atoms with van der Waals surface area (Å²) in [5.41, 5.74) is -0.763. The smallest absolute Gasteiger partial charge is 0.419 e. The number of benzene rings is 1. The molecule has 94 valence electrons. The number of hydrogen-bond donors (Lipinski definition) is 1. The van der Waals surface area contributed by atoms with E-state index in [1.165, 1.54) is 18.2 Å². The van der Waals surface area contributed by atoms with Gasteiger partial charge < -0.3 is 9.84 Å². The van der Waals surface area contributed by atoms with Gasteiger partial charge in [-0.25, -0.2) is 0 Å². The van der Waals surface area contributed by atoms with Crippen LogP contribution < -0.4 is 4.74 Å². The van der Waals surface area contributed by atoms with Crippen LogP contribution in [0.3, 0.4) is 0 Å². The fraction of sp³-hybridized carbons (Fsp3) is 0.500. The van der Waals surface area contributed by atoms with Gasteiger partial charge in [0.1, 0.15) is 11.9 Å². The molecule has 1 N–H and O–H groups in total. The zero-order chi connectivity index (χ0) is 12.5. The summed E-state index contributed by atoms with van der Waals surface area (Å²) >= 11 is 0. The van der Waals surface area contributed by atoms with Crippen molar-refractivity contribution in [1.82, 2.24) is 0 Å². The molecule has 0 amide bonds. The second-order valence-corrected chi connectivity index (χ2v) is 4.20. The molecule has 0 radical (unpaired) electrons. The van der Waals surface area contributed by atoms with E-state index < -0.39 is 17.8 Å². The number of rotatable bonds is 2. The average Bonchev–Trinajstić information content (AvgIpc) is 2.63. The Bertz CT molecular complexity index is 390. The molecule has 0 aromatic heterocycles. The fourth-order valence-electron chi connectivity index (χ4n) is 2.01. The minimum atomic E-state index is -4.41. The van der Waals surface area contributed by atoms with E-state index >= 15 is 0 Å². The Morgan fingerprint density at radius 3 is 2.47 bits per heavy atom. The molecule has 0 saturated heterocycles. The molecule has 1 aromatic carbocycles. The average molecular weight is 246 g/mol. The van der Waals surface area contributed by atoms with E-state index in [0.29, 0.717) is 19.3 Å². The molecule has 0 bridgehead atoms. The lowest BCUT2D eigenvalue weighted by atomic mass is 10.2. The Morgan fingerprint density at radius 2 is 1.88 bits per heavy atom. The monoisotopic (exact) mass is 246 g/mol. The van der Waals surface area contributed by atoms with E-state index in [0.717, 1.165) is 6.07 Å². The van der Waals surface area contributed by atoms with Crippen LogP contribution >= 0.6 is 0 Å². The topological polar surface area (TPSA) is 29.5 Å². The van der Waals surface area contributed by atoms with Crippen molar-refractivity contribution >= 4 is 0 Å². The molecule has 0 heterocycles. The second-order valence-electron chi connectivity index (χ2n) is 4.20. The third-order valence-corrected chi connectivity index (χ3v) is 2.84. The maximum atomic E-state index is 12.7. The van der Waals surface area contributed by atoms with Gasteiger partial charge >= 0.3 is 6.18 Å². The largest absolute Gasteiger partial charge is 0.490 e. The van der Waals surface area contributed by atoms with Crippen molar-refractivity contribution in [3.05, 3.63) is 29.8 Å². The van der Waals surface area contributed by atoms with Crippen molar-refractivity contribution < 1.29 is 23.0 Å². The fourth-order valence-corrected chi connectivity index (χ4v) is 2.01. The first-order valence-electron chi connectivity index (χ1n) is 5.48. The molecule has 0 aliphatic heterocycles. The van der Waals surface area contributed by atoms with E-state index in [9.17, 15) is 18.3 Å². The van der Waals surface area contributed by atoms with E-state index in [1.807, 2.05) is 0 Å². The van der Waals surface area contributed by atoms with Crippen LogP contribution in [0.4, 0.5) is 13.2 Å². The Labute approximate surface area is 97.0 Å². The summed E-state index contributed by atoms with van der Waals surface area (Å²) in [7, 11) is 0. The van der Waals surface area contributed by atoms with Gasteiger partial charge in [0.15, 0.2) is 0 Å². The molecule has 1 aliphatic carbocycles. The normalized spacial score (nSPS) is 24.9. The van der Waals surface area contributed by atoms with Gasteiger partial charge in [-0.2, -0.15) is 13.2 Å². The molecule has 1 fully saturated rings. The van der Waals surface area contributed by atoms with E-state index in [-0.39, 0.29) is 11.9 Å². The summed E-state index contributed by atoms with van der Waals surface area (Å²) in [6.45, 7) is 0. The third-order valence-electron chi connectivity index (χ3n) is 2.84. The van der Waals surface area contributed by atoms with Crippen LogP contribution in [0.2, 0.25) is 0 Å². The molecule has 2 atom stereocenters. The molecule has 17 heavy (non-hydrogen) atoms. The number of ether oxygens (including phenoxy) is 1. The summed E-state index contributed by atoms with van der Waals surface area (Å²) in [5, 5.41) is 9.30. The predicted octanol–water partition coefficient (Wildman–Crippen LogP) is 3.00. The summed E-state index contributed by atoms with van der Waals surface area (Å²) in [6.07, 6.45) is -3.63. The number of alkyl halides is 3. The number of halogens is 3. The molecule has 1 saturated carbocycles. The molecule has 2 unspecified atom stereocenters. The second kappa shape index (κ2) is 4.56. The number of aliphatic hydroxyl groups excluding tert-OH is 1. The van der Waals surface area contributed by atoms with Crippen LogP contribution in [0.5, 0.6) is 5.75 Å². The lowest BCUT2D eigenvalue weighted by Crippen LogP contribution is -2.16. The van der Waals surface area contributed by atoms with Crippen molar-refractivity contribution in [2.75, 3.05) is 0 Å². The molecule has 0 spiro atoms. The highest BCUT2D eigenvalue weighted by atomic mass is 19.4. The van der Waals surface area contributed by atoms with Gasteiger partial charge in [-0.15, -0.1) is 0 Å². The SMILES string of the molecule is OC1CCC(Oc2ccccc2C(F)(F)F)C1. The predicted molar refractivity (Wildman–Crippen MR) is 55.7 cm³/mol. The van der Waals surface area contributed by atoms with Crippen LogP contribution in [-0.4, -0.2) is 17.3 Å². The first-order valence-corrected chi connectivity index (χ1v) is 5.48. The van der Waals surface area contributed by atoms with Crippen molar-refractivity contribution in [3.8, 4) is 5.75 Å². The highest BCUT2D eigenvalue weighted by Crippen LogP contribution is 2.37. The van der Waals surface area contributed by atoms with Crippen LogP contribution in [0.15, 0.2) is 24.3 Å². The Balaban J connectivity index is 2.15. The highest BCUT2D eigenvalue weighted by Gasteiger charge is 2.35. The molecule has 2 rings (SSSR count). The van der Waals surface area contributed by atoms with Gasteiger partial charge in [-0.05, 0) is 25.0 Å². The van der Waals surface area contributed by atoms with Crippen LogP contribution in [0.25, 0.3) is 0 Å². The number of para-hydroxylation sites is 1. The van der Waals surface area contributed by atoms with Gasteiger partial charge in [0.2, 0.25) is 0 Å². The lowest BCUT2D eigenvalue weighted by Gasteiger charge is -2.17. The molecule has 2 nitrogen and oxygen atoms in total. The first-order chi connectivity index (χ1) is 7.97. The van der Waals surface area contributed by atoms with E-state index in [2.05, 4.69) is 0 Å². The lowest BCUT2D eigenvalue weighted by molar-refractivity contribution is -0.139. The van der Waals surface area contributed by atoms with Gasteiger partial charge in [0.05, 0.1) is 11.7 Å². The molecular weight excluding hydrogens is 233 g/mol. The van der Waals surface area contributed by atoms with Gasteiger partial charge in [0.25, 0.3) is 0 Å². The number of aliphatic hydroxyl groups is 1. The van der Waals surface area contributed by atoms with Crippen molar-refractivity contribution in [2.45, 2.75) is 37.6 Å².